The average Bonchev–Trinajstić information content (AvgIpc) is 2.92. The number of rotatable bonds is 4. The molecule has 2 heterocycles. The molecule has 8 heteroatoms. The van der Waals surface area contributed by atoms with Crippen molar-refractivity contribution in [2.75, 3.05) is 35.9 Å². The van der Waals surface area contributed by atoms with Gasteiger partial charge in [-0.05, 0) is 24.3 Å². The zero-order valence-electron chi connectivity index (χ0n) is 12.1. The Morgan fingerprint density at radius 3 is 2.77 bits per heavy atom. The summed E-state index contributed by atoms with van der Waals surface area (Å²) in [5, 5.41) is 1.52. The lowest BCUT2D eigenvalue weighted by atomic mass is 10.1. The molecule has 0 amide bonds. The van der Waals surface area contributed by atoms with Crippen molar-refractivity contribution >= 4 is 44.1 Å². The van der Waals surface area contributed by atoms with Crippen LogP contribution in [-0.2, 0) is 14.6 Å². The molecule has 0 aliphatic carbocycles. The molecule has 1 saturated heterocycles. The number of thioether (sulfide) groups is 1. The van der Waals surface area contributed by atoms with Crippen molar-refractivity contribution in [2.45, 2.75) is 12.1 Å². The van der Waals surface area contributed by atoms with E-state index in [2.05, 4.69) is 4.99 Å². The maximum Gasteiger partial charge on any atom is 0.164 e. The van der Waals surface area contributed by atoms with Crippen molar-refractivity contribution in [3.8, 4) is 0 Å². The van der Waals surface area contributed by atoms with Gasteiger partial charge in [0.15, 0.2) is 15.0 Å². The zero-order valence-corrected chi connectivity index (χ0v) is 14.5. The van der Waals surface area contributed by atoms with Crippen LogP contribution < -0.4 is 4.90 Å². The largest absolute Gasteiger partial charge is 0.384 e. The van der Waals surface area contributed by atoms with Crippen LogP contribution in [0.15, 0.2) is 29.3 Å². The van der Waals surface area contributed by atoms with Crippen molar-refractivity contribution in [3.63, 3.8) is 0 Å². The van der Waals surface area contributed by atoms with Crippen LogP contribution in [0.1, 0.15) is 0 Å². The Labute approximate surface area is 139 Å². The van der Waals surface area contributed by atoms with E-state index < -0.39 is 9.84 Å². The fraction of sp³-hybridized carbons (Fsp3) is 0.500. The number of amidine groups is 1. The molecule has 2 aliphatic rings. The molecule has 1 aromatic rings. The van der Waals surface area contributed by atoms with Gasteiger partial charge in [-0.25, -0.2) is 8.42 Å². The first-order valence-corrected chi connectivity index (χ1v) is 10.1. The highest BCUT2D eigenvalue weighted by atomic mass is 35.5. The molecule has 2 aliphatic heterocycles. The van der Waals surface area contributed by atoms with Crippen LogP contribution in [0.2, 0.25) is 5.02 Å². The van der Waals surface area contributed by atoms with E-state index in [4.69, 9.17) is 16.3 Å². The number of fused-ring (bicyclic) bond motifs is 1. The number of methoxy groups -OCH3 is 1. The third-order valence-electron chi connectivity index (χ3n) is 3.73. The molecule has 0 N–H and O–H groups in total. The second-order valence-electron chi connectivity index (χ2n) is 5.31. The second-order valence-corrected chi connectivity index (χ2v) is 8.96. The molecule has 2 atom stereocenters. The number of ether oxygens (including phenoxy) is 1. The summed E-state index contributed by atoms with van der Waals surface area (Å²) in [5.74, 6) is 1.07. The molecule has 0 spiro atoms. The molecule has 3 rings (SSSR count). The monoisotopic (exact) mass is 360 g/mol. The molecule has 22 heavy (non-hydrogen) atoms. The normalized spacial score (nSPS) is 26.1. The number of hydrogen-bond acceptors (Lipinski definition) is 6. The summed E-state index contributed by atoms with van der Waals surface area (Å²) < 4.78 is 28.9. The Morgan fingerprint density at radius 2 is 2.09 bits per heavy atom. The Hall–Kier alpha value is -0.760. The Morgan fingerprint density at radius 1 is 1.36 bits per heavy atom. The van der Waals surface area contributed by atoms with E-state index in [0.717, 1.165) is 16.6 Å². The molecule has 0 unspecified atom stereocenters. The van der Waals surface area contributed by atoms with Crippen LogP contribution in [0, 0.1) is 0 Å². The Bertz CT molecular complexity index is 676. The molecular formula is C14H17ClN2O3S2. The quantitative estimate of drug-likeness (QED) is 0.769. The summed E-state index contributed by atoms with van der Waals surface area (Å²) in [6.45, 7) is 0.631. The number of hydrogen-bond donors (Lipinski definition) is 0. The predicted molar refractivity (Wildman–Crippen MR) is 91.9 cm³/mol. The minimum atomic E-state index is -3.01. The lowest BCUT2D eigenvalue weighted by molar-refractivity contribution is 0.219. The minimum absolute atomic E-state index is 0.115. The Balaban J connectivity index is 1.88. The summed E-state index contributed by atoms with van der Waals surface area (Å²) in [6, 6.07) is 7.14. The number of aliphatic imine (C=N–C) groups is 1. The number of nitrogens with zero attached hydrogens (tertiary/aromatic N) is 2. The van der Waals surface area contributed by atoms with E-state index in [9.17, 15) is 8.42 Å². The number of halogens is 1. The van der Waals surface area contributed by atoms with E-state index in [1.165, 1.54) is 0 Å². The van der Waals surface area contributed by atoms with E-state index in [1.54, 1.807) is 18.9 Å². The van der Waals surface area contributed by atoms with Crippen LogP contribution in [-0.4, -0.2) is 56.6 Å². The number of anilines is 1. The number of benzene rings is 1. The van der Waals surface area contributed by atoms with Crippen LogP contribution >= 0.6 is 23.4 Å². The van der Waals surface area contributed by atoms with Crippen molar-refractivity contribution in [2.24, 2.45) is 4.99 Å². The molecule has 1 fully saturated rings. The highest BCUT2D eigenvalue weighted by Crippen LogP contribution is 2.35. The smallest absolute Gasteiger partial charge is 0.164 e. The first-order valence-electron chi connectivity index (χ1n) is 6.95. The first-order chi connectivity index (χ1) is 10.5. The van der Waals surface area contributed by atoms with Crippen molar-refractivity contribution in [3.05, 3.63) is 29.3 Å². The third-order valence-corrected chi connectivity index (χ3v) is 6.61. The highest BCUT2D eigenvalue weighted by Gasteiger charge is 2.47. The molecule has 0 aromatic heterocycles. The fourth-order valence-electron chi connectivity index (χ4n) is 2.75. The van der Waals surface area contributed by atoms with Gasteiger partial charge >= 0.3 is 0 Å². The van der Waals surface area contributed by atoms with Gasteiger partial charge in [-0.3, -0.25) is 4.99 Å². The molecule has 0 bridgehead atoms. The number of sulfone groups is 1. The molecule has 5 nitrogen and oxygen atoms in total. The van der Waals surface area contributed by atoms with E-state index >= 15 is 0 Å². The van der Waals surface area contributed by atoms with Crippen molar-refractivity contribution < 1.29 is 13.2 Å². The molecule has 1 aromatic carbocycles. The topological polar surface area (TPSA) is 59.0 Å². The second kappa shape index (κ2) is 6.39. The molecule has 120 valence electrons. The summed E-state index contributed by atoms with van der Waals surface area (Å²) >= 11 is 7.54. The van der Waals surface area contributed by atoms with Gasteiger partial charge < -0.3 is 9.64 Å². The van der Waals surface area contributed by atoms with Crippen LogP contribution in [0.5, 0.6) is 0 Å². The van der Waals surface area contributed by atoms with Crippen LogP contribution in [0.3, 0.4) is 0 Å². The predicted octanol–water partition coefficient (Wildman–Crippen LogP) is 2.06. The zero-order chi connectivity index (χ0) is 15.7. The third kappa shape index (κ3) is 3.27. The van der Waals surface area contributed by atoms with Gasteiger partial charge in [-0.1, -0.05) is 23.4 Å². The van der Waals surface area contributed by atoms with Gasteiger partial charge in [-0.2, -0.15) is 0 Å². The standard InChI is InChI=1S/C14H17ClN2O3S2/c1-20-6-7-21-14-16-12-8-22(18,19)9-13(12)17(14)11-4-2-10(15)3-5-11/h2-5,12-13H,6-9H2,1H3/t12-,13+/m1/s1. The van der Waals surface area contributed by atoms with Gasteiger partial charge in [0.05, 0.1) is 30.2 Å². The fourth-order valence-corrected chi connectivity index (χ4v) is 5.75. The summed E-state index contributed by atoms with van der Waals surface area (Å²) in [6.07, 6.45) is 0. The highest BCUT2D eigenvalue weighted by molar-refractivity contribution is 8.14. The average molecular weight is 361 g/mol. The maximum absolute atomic E-state index is 11.9. The van der Waals surface area contributed by atoms with Gasteiger partial charge in [0.1, 0.15) is 0 Å². The van der Waals surface area contributed by atoms with Crippen LogP contribution in [0.4, 0.5) is 5.69 Å². The summed E-state index contributed by atoms with van der Waals surface area (Å²) in [7, 11) is -1.35. The van der Waals surface area contributed by atoms with Gasteiger partial charge in [0, 0.05) is 23.6 Å². The molecule has 0 saturated carbocycles. The lowest BCUT2D eigenvalue weighted by Gasteiger charge is -2.26. The minimum Gasteiger partial charge on any atom is -0.384 e. The van der Waals surface area contributed by atoms with Crippen molar-refractivity contribution in [1.82, 2.24) is 0 Å². The SMILES string of the molecule is COCCSC1=N[C@@H]2CS(=O)(=O)C[C@@H]2N1c1ccc(Cl)cc1. The summed E-state index contributed by atoms with van der Waals surface area (Å²) in [4.78, 5) is 6.67. The maximum atomic E-state index is 11.9. The van der Waals surface area contributed by atoms with Gasteiger partial charge in [-0.15, -0.1) is 0 Å². The van der Waals surface area contributed by atoms with E-state index in [0.29, 0.717) is 11.6 Å². The molecule has 0 radical (unpaired) electrons. The van der Waals surface area contributed by atoms with E-state index in [1.807, 2.05) is 29.2 Å². The Kier molecular flexibility index (Phi) is 4.68. The van der Waals surface area contributed by atoms with Crippen LogP contribution in [0.25, 0.3) is 0 Å². The van der Waals surface area contributed by atoms with Gasteiger partial charge in [0.2, 0.25) is 0 Å². The molecular weight excluding hydrogens is 344 g/mol. The first kappa shape index (κ1) is 16.1. The van der Waals surface area contributed by atoms with Crippen molar-refractivity contribution in [1.29, 1.82) is 0 Å². The van der Waals surface area contributed by atoms with E-state index in [-0.39, 0.29) is 23.6 Å². The van der Waals surface area contributed by atoms with Gasteiger partial charge in [0.25, 0.3) is 0 Å². The summed E-state index contributed by atoms with van der Waals surface area (Å²) in [5.41, 5.74) is 0.928. The lowest BCUT2D eigenvalue weighted by Crippen LogP contribution is -2.39.